The fourth-order valence-electron chi connectivity index (χ4n) is 2.86. The predicted octanol–water partition coefficient (Wildman–Crippen LogP) is 4.73. The van der Waals surface area contributed by atoms with Gasteiger partial charge in [0.25, 0.3) is 0 Å². The lowest BCUT2D eigenvalue weighted by Crippen LogP contribution is -2.11. The van der Waals surface area contributed by atoms with Crippen molar-refractivity contribution in [2.45, 2.75) is 51.4 Å². The molecular formula is C16H23ClO. The smallest absolute Gasteiger partial charge is 0.0497 e. The highest BCUT2D eigenvalue weighted by Crippen LogP contribution is 2.39. The third-order valence-corrected chi connectivity index (χ3v) is 4.65. The summed E-state index contributed by atoms with van der Waals surface area (Å²) < 4.78 is 0. The third-order valence-electron chi connectivity index (χ3n) is 4.32. The van der Waals surface area contributed by atoms with E-state index in [1.807, 2.05) is 13.0 Å². The maximum atomic E-state index is 9.18. The molecule has 1 aromatic carbocycles. The highest BCUT2D eigenvalue weighted by Gasteiger charge is 2.21. The van der Waals surface area contributed by atoms with Crippen molar-refractivity contribution in [3.8, 4) is 0 Å². The molecule has 1 saturated carbocycles. The van der Waals surface area contributed by atoms with Crippen LogP contribution >= 0.6 is 11.6 Å². The zero-order valence-electron chi connectivity index (χ0n) is 11.3. The van der Waals surface area contributed by atoms with Crippen molar-refractivity contribution in [1.29, 1.82) is 0 Å². The number of hydrogen-bond donors (Lipinski definition) is 1. The van der Waals surface area contributed by atoms with Gasteiger partial charge in [0, 0.05) is 17.5 Å². The first-order chi connectivity index (χ1) is 8.61. The Labute approximate surface area is 115 Å². The van der Waals surface area contributed by atoms with Crippen LogP contribution in [-0.2, 0) is 0 Å². The van der Waals surface area contributed by atoms with Crippen LogP contribution in [0.5, 0.6) is 0 Å². The minimum Gasteiger partial charge on any atom is -0.396 e. The van der Waals surface area contributed by atoms with Crippen molar-refractivity contribution in [2.75, 3.05) is 6.61 Å². The molecule has 0 spiro atoms. The molecule has 0 bridgehead atoms. The summed E-state index contributed by atoms with van der Waals surface area (Å²) in [5.74, 6) is 1.67. The lowest BCUT2D eigenvalue weighted by atomic mass is 9.79. The van der Waals surface area contributed by atoms with E-state index < -0.39 is 0 Å². The van der Waals surface area contributed by atoms with Gasteiger partial charge in [0.1, 0.15) is 0 Å². The molecule has 0 amide bonds. The lowest BCUT2D eigenvalue weighted by molar-refractivity contribution is 0.273. The summed E-state index contributed by atoms with van der Waals surface area (Å²) in [5, 5.41) is 10.1. The standard InChI is InChI=1S/C16H23ClO/c1-11-3-5-13(6-4-11)15-8-7-14(9-16(15)17)12(2)10-18/h7-9,11-13,18H,3-6,10H2,1-2H3. The Kier molecular flexibility index (Phi) is 4.69. The third kappa shape index (κ3) is 3.07. The van der Waals surface area contributed by atoms with Crippen molar-refractivity contribution < 1.29 is 5.11 Å². The Morgan fingerprint density at radius 2 is 1.94 bits per heavy atom. The molecule has 1 fully saturated rings. The van der Waals surface area contributed by atoms with Gasteiger partial charge in [0.15, 0.2) is 0 Å². The van der Waals surface area contributed by atoms with Gasteiger partial charge in [0.2, 0.25) is 0 Å². The number of rotatable bonds is 3. The van der Waals surface area contributed by atoms with Crippen LogP contribution in [-0.4, -0.2) is 11.7 Å². The lowest BCUT2D eigenvalue weighted by Gasteiger charge is -2.27. The van der Waals surface area contributed by atoms with E-state index in [0.717, 1.165) is 16.5 Å². The molecule has 1 aliphatic rings. The van der Waals surface area contributed by atoms with Gasteiger partial charge in [-0.25, -0.2) is 0 Å². The Hall–Kier alpha value is -0.530. The zero-order valence-corrected chi connectivity index (χ0v) is 12.1. The van der Waals surface area contributed by atoms with Crippen molar-refractivity contribution in [2.24, 2.45) is 5.92 Å². The molecule has 0 aromatic heterocycles. The zero-order chi connectivity index (χ0) is 13.1. The Bertz CT molecular complexity index is 394. The van der Waals surface area contributed by atoms with Crippen LogP contribution < -0.4 is 0 Å². The summed E-state index contributed by atoms with van der Waals surface area (Å²) in [6.45, 7) is 4.54. The quantitative estimate of drug-likeness (QED) is 0.839. The van der Waals surface area contributed by atoms with E-state index in [-0.39, 0.29) is 12.5 Å². The second-order valence-corrected chi connectivity index (χ2v) is 6.23. The number of aliphatic hydroxyl groups is 1. The Morgan fingerprint density at radius 3 is 2.50 bits per heavy atom. The second-order valence-electron chi connectivity index (χ2n) is 5.82. The van der Waals surface area contributed by atoms with E-state index >= 15 is 0 Å². The van der Waals surface area contributed by atoms with Gasteiger partial charge >= 0.3 is 0 Å². The van der Waals surface area contributed by atoms with Gasteiger partial charge in [-0.2, -0.15) is 0 Å². The van der Waals surface area contributed by atoms with E-state index in [9.17, 15) is 5.11 Å². The van der Waals surface area contributed by atoms with Crippen molar-refractivity contribution >= 4 is 11.6 Å². The normalized spacial score (nSPS) is 26.0. The van der Waals surface area contributed by atoms with Crippen LogP contribution in [0.25, 0.3) is 0 Å². The molecule has 0 heterocycles. The van der Waals surface area contributed by atoms with E-state index in [1.54, 1.807) is 0 Å². The molecule has 100 valence electrons. The topological polar surface area (TPSA) is 20.2 Å². The average molecular weight is 267 g/mol. The first kappa shape index (κ1) is 13.9. The monoisotopic (exact) mass is 266 g/mol. The summed E-state index contributed by atoms with van der Waals surface area (Å²) in [7, 11) is 0. The van der Waals surface area contributed by atoms with Gasteiger partial charge in [-0.05, 0) is 41.9 Å². The van der Waals surface area contributed by atoms with E-state index in [4.69, 9.17) is 11.6 Å². The molecule has 0 radical (unpaired) electrons. The summed E-state index contributed by atoms with van der Waals surface area (Å²) in [5.41, 5.74) is 2.44. The van der Waals surface area contributed by atoms with Crippen LogP contribution in [0.4, 0.5) is 0 Å². The number of benzene rings is 1. The molecule has 1 atom stereocenters. The maximum absolute atomic E-state index is 9.18. The van der Waals surface area contributed by atoms with Crippen molar-refractivity contribution in [3.63, 3.8) is 0 Å². The second kappa shape index (κ2) is 6.08. The largest absolute Gasteiger partial charge is 0.396 e. The molecule has 0 aliphatic heterocycles. The van der Waals surface area contributed by atoms with Crippen LogP contribution in [0.2, 0.25) is 5.02 Å². The fraction of sp³-hybridized carbons (Fsp3) is 0.625. The van der Waals surface area contributed by atoms with Gasteiger partial charge in [-0.3, -0.25) is 0 Å². The SMILES string of the molecule is CC1CCC(c2ccc(C(C)CO)cc2Cl)CC1. The number of halogens is 1. The summed E-state index contributed by atoms with van der Waals surface area (Å²) in [6, 6.07) is 6.33. The summed E-state index contributed by atoms with van der Waals surface area (Å²) in [4.78, 5) is 0. The van der Waals surface area contributed by atoms with Crippen LogP contribution in [0.1, 0.15) is 62.5 Å². The summed E-state index contributed by atoms with van der Waals surface area (Å²) in [6.07, 6.45) is 5.15. The van der Waals surface area contributed by atoms with Crippen LogP contribution in [0.15, 0.2) is 18.2 Å². The van der Waals surface area contributed by atoms with E-state index in [0.29, 0.717) is 5.92 Å². The minimum absolute atomic E-state index is 0.169. The molecule has 2 rings (SSSR count). The highest BCUT2D eigenvalue weighted by atomic mass is 35.5. The molecule has 2 heteroatoms. The minimum atomic E-state index is 0.169. The molecule has 1 nitrogen and oxygen atoms in total. The van der Waals surface area contributed by atoms with Gasteiger partial charge < -0.3 is 5.11 Å². The van der Waals surface area contributed by atoms with E-state index in [1.165, 1.54) is 31.2 Å². The number of hydrogen-bond acceptors (Lipinski definition) is 1. The maximum Gasteiger partial charge on any atom is 0.0497 e. The Balaban J connectivity index is 2.14. The van der Waals surface area contributed by atoms with Crippen LogP contribution in [0.3, 0.4) is 0 Å². The van der Waals surface area contributed by atoms with Gasteiger partial charge in [0.05, 0.1) is 0 Å². The molecule has 1 N–H and O–H groups in total. The first-order valence-corrected chi connectivity index (χ1v) is 7.39. The molecule has 1 unspecified atom stereocenters. The number of aliphatic hydroxyl groups excluding tert-OH is 1. The molecular weight excluding hydrogens is 244 g/mol. The van der Waals surface area contributed by atoms with E-state index in [2.05, 4.69) is 19.1 Å². The van der Waals surface area contributed by atoms with Crippen molar-refractivity contribution in [1.82, 2.24) is 0 Å². The summed E-state index contributed by atoms with van der Waals surface area (Å²) >= 11 is 6.42. The van der Waals surface area contributed by atoms with Gasteiger partial charge in [-0.1, -0.05) is 50.4 Å². The first-order valence-electron chi connectivity index (χ1n) is 7.02. The molecule has 1 aliphatic carbocycles. The van der Waals surface area contributed by atoms with Gasteiger partial charge in [-0.15, -0.1) is 0 Å². The fourth-order valence-corrected chi connectivity index (χ4v) is 3.20. The average Bonchev–Trinajstić information content (AvgIpc) is 2.39. The van der Waals surface area contributed by atoms with Crippen molar-refractivity contribution in [3.05, 3.63) is 34.3 Å². The molecule has 0 saturated heterocycles. The predicted molar refractivity (Wildman–Crippen MR) is 77.3 cm³/mol. The highest BCUT2D eigenvalue weighted by molar-refractivity contribution is 6.31. The molecule has 1 aromatic rings. The Morgan fingerprint density at radius 1 is 1.28 bits per heavy atom. The molecule has 18 heavy (non-hydrogen) atoms. The van der Waals surface area contributed by atoms with Crippen LogP contribution in [0, 0.1) is 5.92 Å².